The average Bonchev–Trinajstić information content (AvgIpc) is 3.33. The molecular weight excluding hydrogens is 532 g/mol. The predicted octanol–water partition coefficient (Wildman–Crippen LogP) is 6.62. The van der Waals surface area contributed by atoms with E-state index in [9.17, 15) is 21.6 Å². The highest BCUT2D eigenvalue weighted by molar-refractivity contribution is 7.94. The van der Waals surface area contributed by atoms with E-state index in [1.54, 1.807) is 24.3 Å². The average molecular weight is 551 g/mol. The van der Waals surface area contributed by atoms with Gasteiger partial charge in [-0.3, -0.25) is 4.72 Å². The fraction of sp³-hybridized carbons (Fsp3) is 0.273. The molecule has 1 saturated heterocycles. The molecule has 1 aliphatic rings. The molecule has 1 N–H and O–H groups in total. The molecule has 4 rings (SSSR count). The van der Waals surface area contributed by atoms with E-state index < -0.39 is 33.6 Å². The zero-order chi connectivity index (χ0) is 24.7. The molecule has 0 amide bonds. The van der Waals surface area contributed by atoms with E-state index in [1.165, 1.54) is 6.07 Å². The first-order valence-electron chi connectivity index (χ1n) is 10.1. The lowest BCUT2D eigenvalue weighted by Crippen LogP contribution is -2.23. The third-order valence-corrected chi connectivity index (χ3v) is 8.82. The summed E-state index contributed by atoms with van der Waals surface area (Å²) in [7, 11) is -2.29. The van der Waals surface area contributed by atoms with E-state index in [0.717, 1.165) is 29.5 Å². The fourth-order valence-corrected chi connectivity index (χ4v) is 6.67. The van der Waals surface area contributed by atoms with E-state index in [1.807, 2.05) is 11.9 Å². The number of hydrogen-bond donors (Lipinski definition) is 1. The Morgan fingerprint density at radius 3 is 2.50 bits per heavy atom. The smallest absolute Gasteiger partial charge is 0.419 e. The van der Waals surface area contributed by atoms with E-state index in [4.69, 9.17) is 27.9 Å². The van der Waals surface area contributed by atoms with Crippen LogP contribution in [0.2, 0.25) is 9.36 Å². The molecule has 34 heavy (non-hydrogen) atoms. The van der Waals surface area contributed by atoms with Gasteiger partial charge in [-0.1, -0.05) is 41.4 Å². The minimum atomic E-state index is -4.65. The summed E-state index contributed by atoms with van der Waals surface area (Å²) in [5.74, 6) is -0.422. The van der Waals surface area contributed by atoms with Crippen molar-refractivity contribution in [2.45, 2.75) is 22.9 Å². The molecule has 1 aromatic heterocycles. The summed E-state index contributed by atoms with van der Waals surface area (Å²) in [5.41, 5.74) is -0.0126. The lowest BCUT2D eigenvalue weighted by atomic mass is 10.1. The first-order chi connectivity index (χ1) is 15.9. The van der Waals surface area contributed by atoms with Gasteiger partial charge in [0.2, 0.25) is 0 Å². The van der Waals surface area contributed by atoms with E-state index in [-0.39, 0.29) is 14.2 Å². The summed E-state index contributed by atoms with van der Waals surface area (Å²) in [4.78, 5) is 1.95. The van der Waals surface area contributed by atoms with Crippen molar-refractivity contribution in [1.82, 2.24) is 4.90 Å². The van der Waals surface area contributed by atoms with Crippen LogP contribution in [-0.4, -0.2) is 39.6 Å². The van der Waals surface area contributed by atoms with Gasteiger partial charge in [-0.2, -0.15) is 13.2 Å². The number of benzene rings is 2. The van der Waals surface area contributed by atoms with Gasteiger partial charge in [0.05, 0.1) is 11.3 Å². The second-order valence-corrected chi connectivity index (χ2v) is 11.8. The Balaban J connectivity index is 1.63. The maximum Gasteiger partial charge on any atom is 0.419 e. The second kappa shape index (κ2) is 9.58. The van der Waals surface area contributed by atoms with Crippen molar-refractivity contribution in [2.75, 3.05) is 24.9 Å². The van der Waals surface area contributed by atoms with Gasteiger partial charge in [0.1, 0.15) is 20.4 Å². The molecule has 2 heterocycles. The molecular formula is C22H19Cl2F3N2O3S2. The Kier molecular flexibility index (Phi) is 7.08. The van der Waals surface area contributed by atoms with Crippen molar-refractivity contribution in [3.8, 4) is 16.9 Å². The van der Waals surface area contributed by atoms with Crippen LogP contribution in [0.5, 0.6) is 5.75 Å². The van der Waals surface area contributed by atoms with Crippen molar-refractivity contribution in [1.29, 1.82) is 0 Å². The molecule has 1 aliphatic heterocycles. The van der Waals surface area contributed by atoms with Crippen LogP contribution in [0.15, 0.2) is 52.7 Å². The Labute approximate surface area is 209 Å². The first kappa shape index (κ1) is 25.1. The van der Waals surface area contributed by atoms with Crippen LogP contribution < -0.4 is 9.46 Å². The number of ether oxygens (including phenoxy) is 1. The Bertz CT molecular complexity index is 1310. The number of likely N-dealkylation sites (N-methyl/N-ethyl adjacent to an activating group) is 1. The number of nitrogens with zero attached hydrogens (tertiary/aromatic N) is 1. The summed E-state index contributed by atoms with van der Waals surface area (Å²) in [5, 5.41) is 0.404. The normalized spacial score (nSPS) is 17.2. The van der Waals surface area contributed by atoms with Gasteiger partial charge in [-0.15, -0.1) is 11.3 Å². The Hall–Kier alpha value is -1.98. The summed E-state index contributed by atoms with van der Waals surface area (Å²) in [6.45, 7) is 1.18. The second-order valence-electron chi connectivity index (χ2n) is 7.84. The standard InChI is InChI=1S/C22H19Cl2F3N2O3S2/c1-29-9-8-14(12-29)32-19-10-13(6-7-17(19)22(25,26)27)28-34(30,31)20-11-16(21(24)33-20)15-4-2-3-5-18(15)23/h2-7,10-11,14,28H,8-9,12H2,1H3/t14-/m1/s1. The molecule has 12 heteroatoms. The van der Waals surface area contributed by atoms with Gasteiger partial charge in [0.15, 0.2) is 0 Å². The van der Waals surface area contributed by atoms with Crippen molar-refractivity contribution in [3.05, 3.63) is 63.5 Å². The maximum absolute atomic E-state index is 13.5. The monoisotopic (exact) mass is 550 g/mol. The predicted molar refractivity (Wildman–Crippen MR) is 129 cm³/mol. The van der Waals surface area contributed by atoms with Gasteiger partial charge in [0, 0.05) is 35.3 Å². The largest absolute Gasteiger partial charge is 0.488 e. The molecule has 0 aliphatic carbocycles. The van der Waals surface area contributed by atoms with Gasteiger partial charge in [-0.25, -0.2) is 8.42 Å². The quantitative estimate of drug-likeness (QED) is 0.374. The number of anilines is 1. The topological polar surface area (TPSA) is 58.6 Å². The SMILES string of the molecule is CN1CC[C@@H](Oc2cc(NS(=O)(=O)c3cc(-c4ccccc4Cl)c(Cl)s3)ccc2C(F)(F)F)C1. The first-order valence-corrected chi connectivity index (χ1v) is 13.1. The summed E-state index contributed by atoms with van der Waals surface area (Å²) >= 11 is 13.3. The molecule has 5 nitrogen and oxygen atoms in total. The molecule has 3 aromatic rings. The number of alkyl halides is 3. The van der Waals surface area contributed by atoms with Crippen LogP contribution in [0.4, 0.5) is 18.9 Å². The highest BCUT2D eigenvalue weighted by Gasteiger charge is 2.36. The number of rotatable bonds is 6. The van der Waals surface area contributed by atoms with Crippen LogP contribution in [-0.2, 0) is 16.2 Å². The van der Waals surface area contributed by atoms with Gasteiger partial charge in [0.25, 0.3) is 10.0 Å². The van der Waals surface area contributed by atoms with Gasteiger partial charge >= 0.3 is 6.18 Å². The number of sulfonamides is 1. The number of likely N-dealkylation sites (tertiary alicyclic amines) is 1. The number of halogens is 5. The van der Waals surface area contributed by atoms with Crippen LogP contribution in [0.25, 0.3) is 11.1 Å². The lowest BCUT2D eigenvalue weighted by Gasteiger charge is -2.19. The molecule has 0 radical (unpaired) electrons. The van der Waals surface area contributed by atoms with Crippen molar-refractivity contribution in [2.24, 2.45) is 0 Å². The zero-order valence-electron chi connectivity index (χ0n) is 17.7. The minimum Gasteiger partial charge on any atom is -0.488 e. The van der Waals surface area contributed by atoms with Crippen molar-refractivity contribution in [3.63, 3.8) is 0 Å². The summed E-state index contributed by atoms with van der Waals surface area (Å²) in [6, 6.07) is 11.1. The lowest BCUT2D eigenvalue weighted by molar-refractivity contribution is -0.139. The molecule has 1 fully saturated rings. The third-order valence-electron chi connectivity index (χ3n) is 5.27. The molecule has 1 atom stereocenters. The van der Waals surface area contributed by atoms with Crippen LogP contribution in [0, 0.1) is 0 Å². The van der Waals surface area contributed by atoms with E-state index in [0.29, 0.717) is 35.7 Å². The van der Waals surface area contributed by atoms with Crippen LogP contribution in [0.3, 0.4) is 0 Å². The summed E-state index contributed by atoms with van der Waals surface area (Å²) in [6.07, 6.45) is -4.50. The molecule has 0 saturated carbocycles. The van der Waals surface area contributed by atoms with Crippen molar-refractivity contribution < 1.29 is 26.3 Å². The summed E-state index contributed by atoms with van der Waals surface area (Å²) < 4.78 is 74.6. The highest BCUT2D eigenvalue weighted by Crippen LogP contribution is 2.42. The number of thiophene rings is 1. The van der Waals surface area contributed by atoms with Crippen molar-refractivity contribution >= 4 is 50.2 Å². The van der Waals surface area contributed by atoms with Gasteiger partial charge < -0.3 is 9.64 Å². The third kappa shape index (κ3) is 5.46. The van der Waals surface area contributed by atoms with Crippen LogP contribution in [0.1, 0.15) is 12.0 Å². The van der Waals surface area contributed by atoms with Gasteiger partial charge in [-0.05, 0) is 37.7 Å². The Morgan fingerprint density at radius 2 is 1.85 bits per heavy atom. The molecule has 0 unspecified atom stereocenters. The fourth-order valence-electron chi connectivity index (χ4n) is 3.64. The van der Waals surface area contributed by atoms with Crippen LogP contribution >= 0.6 is 34.5 Å². The molecule has 0 bridgehead atoms. The zero-order valence-corrected chi connectivity index (χ0v) is 20.8. The Morgan fingerprint density at radius 1 is 1.12 bits per heavy atom. The highest BCUT2D eigenvalue weighted by atomic mass is 35.5. The molecule has 182 valence electrons. The molecule has 0 spiro atoms. The molecule has 2 aromatic carbocycles. The van der Waals surface area contributed by atoms with E-state index in [2.05, 4.69) is 4.72 Å². The number of nitrogens with one attached hydrogen (secondary N) is 1. The minimum absolute atomic E-state index is 0.0573. The maximum atomic E-state index is 13.5. The number of hydrogen-bond acceptors (Lipinski definition) is 5. The van der Waals surface area contributed by atoms with E-state index >= 15 is 0 Å².